The maximum Gasteiger partial charge on any atom is 0.246 e. The number of amides is 1. The highest BCUT2D eigenvalue weighted by Crippen LogP contribution is 2.31. The molecule has 1 N–H and O–H groups in total. The molecule has 158 valence electrons. The minimum absolute atomic E-state index is 0.0699. The Labute approximate surface area is 179 Å². The van der Waals surface area contributed by atoms with E-state index in [0.717, 1.165) is 33.9 Å². The molecule has 0 spiro atoms. The summed E-state index contributed by atoms with van der Waals surface area (Å²) in [5, 5.41) is 5.00. The van der Waals surface area contributed by atoms with E-state index in [9.17, 15) is 4.79 Å². The quantitative estimate of drug-likeness (QED) is 0.555. The van der Waals surface area contributed by atoms with E-state index in [1.165, 1.54) is 6.08 Å². The molecule has 1 atom stereocenters. The summed E-state index contributed by atoms with van der Waals surface area (Å²) in [5.41, 5.74) is 1.00. The van der Waals surface area contributed by atoms with Gasteiger partial charge >= 0.3 is 0 Å². The van der Waals surface area contributed by atoms with Crippen LogP contribution in [0.25, 0.3) is 10.9 Å². The highest BCUT2D eigenvalue weighted by Gasteiger charge is 2.27. The van der Waals surface area contributed by atoms with Crippen LogP contribution in [0.4, 0.5) is 10.9 Å². The number of likely N-dealkylation sites (tertiary alicyclic amines) is 1. The van der Waals surface area contributed by atoms with Gasteiger partial charge in [-0.2, -0.15) is 4.98 Å². The Morgan fingerprint density at radius 3 is 3.10 bits per heavy atom. The highest BCUT2D eigenvalue weighted by molar-refractivity contribution is 7.15. The number of pyridine rings is 1. The van der Waals surface area contributed by atoms with Crippen molar-refractivity contribution in [2.75, 3.05) is 32.1 Å². The summed E-state index contributed by atoms with van der Waals surface area (Å²) in [5.74, 6) is 1.15. The molecule has 30 heavy (non-hydrogen) atoms. The molecule has 0 aliphatic carbocycles. The van der Waals surface area contributed by atoms with Crippen molar-refractivity contribution in [3.63, 3.8) is 0 Å². The van der Waals surface area contributed by atoms with Gasteiger partial charge in [-0.1, -0.05) is 6.58 Å². The molecule has 8 nitrogen and oxygen atoms in total. The molecule has 1 saturated heterocycles. The number of hydrogen-bond donors (Lipinski definition) is 1. The molecule has 4 heterocycles. The molecule has 1 aliphatic rings. The topological polar surface area (TPSA) is 81.5 Å². The van der Waals surface area contributed by atoms with Crippen LogP contribution < -0.4 is 10.1 Å². The van der Waals surface area contributed by atoms with E-state index < -0.39 is 0 Å². The van der Waals surface area contributed by atoms with Crippen molar-refractivity contribution in [3.05, 3.63) is 42.1 Å². The monoisotopic (exact) mass is 427 g/mol. The predicted octanol–water partition coefficient (Wildman–Crippen LogP) is 3.36. The molecule has 0 unspecified atom stereocenters. The first-order valence-electron chi connectivity index (χ1n) is 9.83. The van der Waals surface area contributed by atoms with Crippen molar-refractivity contribution in [1.82, 2.24) is 19.4 Å². The SMILES string of the molecule is C=CC(=O)N1CC[C@H](Oc2nc(Nc3ncc(C)s3)cc3c2ccn3CCOC)C1. The average Bonchev–Trinajstić information content (AvgIpc) is 3.46. The Morgan fingerprint density at radius 2 is 2.37 bits per heavy atom. The Hall–Kier alpha value is -2.91. The van der Waals surface area contributed by atoms with Gasteiger partial charge in [0.05, 0.1) is 24.1 Å². The van der Waals surface area contributed by atoms with E-state index in [4.69, 9.17) is 14.5 Å². The van der Waals surface area contributed by atoms with Crippen molar-refractivity contribution in [2.24, 2.45) is 0 Å². The zero-order chi connectivity index (χ0) is 21.1. The van der Waals surface area contributed by atoms with E-state index in [1.807, 2.05) is 31.5 Å². The van der Waals surface area contributed by atoms with Crippen LogP contribution >= 0.6 is 11.3 Å². The van der Waals surface area contributed by atoms with Gasteiger partial charge in [0.25, 0.3) is 0 Å². The second-order valence-electron chi connectivity index (χ2n) is 7.17. The molecule has 1 amide bonds. The molecule has 0 bridgehead atoms. The summed E-state index contributed by atoms with van der Waals surface area (Å²) >= 11 is 1.57. The number of ether oxygens (including phenoxy) is 2. The average molecular weight is 428 g/mol. The molecule has 1 aliphatic heterocycles. The van der Waals surface area contributed by atoms with Gasteiger partial charge in [-0.05, 0) is 19.1 Å². The van der Waals surface area contributed by atoms with Crippen molar-refractivity contribution in [2.45, 2.75) is 26.0 Å². The fourth-order valence-electron chi connectivity index (χ4n) is 3.53. The first-order chi connectivity index (χ1) is 14.6. The number of methoxy groups -OCH3 is 1. The summed E-state index contributed by atoms with van der Waals surface area (Å²) in [4.78, 5) is 23.9. The molecule has 1 fully saturated rings. The Kier molecular flexibility index (Phi) is 6.01. The molecule has 0 radical (unpaired) electrons. The lowest BCUT2D eigenvalue weighted by Crippen LogP contribution is -2.29. The fourth-order valence-corrected chi connectivity index (χ4v) is 4.20. The van der Waals surface area contributed by atoms with Crippen molar-refractivity contribution in [1.29, 1.82) is 0 Å². The van der Waals surface area contributed by atoms with E-state index in [1.54, 1.807) is 23.3 Å². The number of thiazole rings is 1. The van der Waals surface area contributed by atoms with E-state index in [0.29, 0.717) is 31.4 Å². The largest absolute Gasteiger partial charge is 0.472 e. The lowest BCUT2D eigenvalue weighted by atomic mass is 10.3. The lowest BCUT2D eigenvalue weighted by molar-refractivity contribution is -0.125. The third-order valence-corrected chi connectivity index (χ3v) is 5.86. The minimum Gasteiger partial charge on any atom is -0.472 e. The smallest absolute Gasteiger partial charge is 0.246 e. The summed E-state index contributed by atoms with van der Waals surface area (Å²) < 4.78 is 13.6. The van der Waals surface area contributed by atoms with Crippen LogP contribution in [0.15, 0.2) is 37.2 Å². The van der Waals surface area contributed by atoms with Crippen LogP contribution in [0.2, 0.25) is 0 Å². The van der Waals surface area contributed by atoms with Gasteiger partial charge in [-0.15, -0.1) is 11.3 Å². The van der Waals surface area contributed by atoms with Crippen molar-refractivity contribution >= 4 is 39.1 Å². The van der Waals surface area contributed by atoms with Gasteiger partial charge in [-0.25, -0.2) is 4.98 Å². The van der Waals surface area contributed by atoms with Gasteiger partial charge < -0.3 is 24.3 Å². The Bertz CT molecular complexity index is 1060. The van der Waals surface area contributed by atoms with Gasteiger partial charge in [0.2, 0.25) is 11.8 Å². The number of aromatic nitrogens is 3. The number of carbonyl (C=O) groups is 1. The number of fused-ring (bicyclic) bond motifs is 1. The van der Waals surface area contributed by atoms with Crippen LogP contribution in [0.5, 0.6) is 5.88 Å². The van der Waals surface area contributed by atoms with E-state index >= 15 is 0 Å². The van der Waals surface area contributed by atoms with Gasteiger partial charge in [0, 0.05) is 50.0 Å². The maximum atomic E-state index is 11.9. The second-order valence-corrected chi connectivity index (χ2v) is 8.40. The van der Waals surface area contributed by atoms with Gasteiger partial charge in [-0.3, -0.25) is 4.79 Å². The minimum atomic E-state index is -0.107. The van der Waals surface area contributed by atoms with Gasteiger partial charge in [0.1, 0.15) is 11.9 Å². The molecule has 9 heteroatoms. The van der Waals surface area contributed by atoms with E-state index in [-0.39, 0.29) is 12.0 Å². The second kappa shape index (κ2) is 8.85. The zero-order valence-corrected chi connectivity index (χ0v) is 17.9. The van der Waals surface area contributed by atoms with Crippen LogP contribution in [-0.2, 0) is 16.1 Å². The van der Waals surface area contributed by atoms with Crippen LogP contribution in [-0.4, -0.2) is 58.3 Å². The molecule has 0 saturated carbocycles. The Morgan fingerprint density at radius 1 is 1.50 bits per heavy atom. The number of hydrogen-bond acceptors (Lipinski definition) is 7. The molecular weight excluding hydrogens is 402 g/mol. The molecule has 3 aromatic heterocycles. The number of nitrogens with one attached hydrogen (secondary N) is 1. The van der Waals surface area contributed by atoms with Crippen LogP contribution in [0.3, 0.4) is 0 Å². The highest BCUT2D eigenvalue weighted by atomic mass is 32.1. The number of carbonyl (C=O) groups excluding carboxylic acids is 1. The van der Waals surface area contributed by atoms with Crippen LogP contribution in [0, 0.1) is 6.92 Å². The van der Waals surface area contributed by atoms with Gasteiger partial charge in [0.15, 0.2) is 5.13 Å². The zero-order valence-electron chi connectivity index (χ0n) is 17.1. The molecule has 3 aromatic rings. The summed E-state index contributed by atoms with van der Waals surface area (Å²) in [7, 11) is 1.69. The maximum absolute atomic E-state index is 11.9. The standard InChI is InChI=1S/C21H25N5O3S/c1-4-19(27)26-7-5-15(13-26)29-20-16-6-8-25(9-10-28-3)17(16)11-18(23-20)24-21-22-12-14(2)30-21/h4,6,8,11-12,15H,1,5,7,9-10,13H2,2-3H3,(H,22,23,24)/t15-/m0/s1. The van der Waals surface area contributed by atoms with Crippen LogP contribution in [0.1, 0.15) is 11.3 Å². The number of anilines is 2. The molecular formula is C21H25N5O3S. The third-order valence-electron chi connectivity index (χ3n) is 5.03. The number of nitrogens with zero attached hydrogens (tertiary/aromatic N) is 4. The number of rotatable bonds is 8. The summed E-state index contributed by atoms with van der Waals surface area (Å²) in [6, 6.07) is 4.00. The Balaban J connectivity index is 1.63. The summed E-state index contributed by atoms with van der Waals surface area (Å²) in [6.07, 6.45) is 5.83. The van der Waals surface area contributed by atoms with Crippen molar-refractivity contribution in [3.8, 4) is 5.88 Å². The first kappa shape index (κ1) is 20.4. The normalized spacial score (nSPS) is 16.2. The molecule has 4 rings (SSSR count). The lowest BCUT2D eigenvalue weighted by Gasteiger charge is -2.16. The first-order valence-corrected chi connectivity index (χ1v) is 10.7. The van der Waals surface area contributed by atoms with Crippen molar-refractivity contribution < 1.29 is 14.3 Å². The predicted molar refractivity (Wildman–Crippen MR) is 118 cm³/mol. The number of aryl methyl sites for hydroxylation is 1. The van der Waals surface area contributed by atoms with E-state index in [2.05, 4.69) is 21.4 Å². The summed E-state index contributed by atoms with van der Waals surface area (Å²) in [6.45, 7) is 8.10. The molecule has 0 aromatic carbocycles. The fraction of sp³-hybridized carbons (Fsp3) is 0.381. The third kappa shape index (κ3) is 4.31.